The first-order valence-electron chi connectivity index (χ1n) is 15.4. The predicted octanol–water partition coefficient (Wildman–Crippen LogP) is 5.60. The number of aryl methyl sites for hydroxylation is 2. The number of aromatic nitrogens is 7. The molecule has 0 bridgehead atoms. The van der Waals surface area contributed by atoms with Gasteiger partial charge in [0.05, 0.1) is 33.0 Å². The number of hydrogen-bond acceptors (Lipinski definition) is 7. The number of amides is 1. The highest BCUT2D eigenvalue weighted by Crippen LogP contribution is 2.29. The topological polar surface area (TPSA) is 136 Å². The molecule has 1 atom stereocenters. The Hall–Kier alpha value is -5.97. The Kier molecular flexibility index (Phi) is 8.33. The van der Waals surface area contributed by atoms with E-state index in [-0.39, 0.29) is 11.6 Å². The van der Waals surface area contributed by atoms with Crippen molar-refractivity contribution in [2.45, 2.75) is 31.8 Å². The second-order valence-corrected chi connectivity index (χ2v) is 11.3. The Balaban J connectivity index is 1.30. The number of ether oxygens (including phenoxy) is 2. The van der Waals surface area contributed by atoms with Gasteiger partial charge < -0.3 is 29.3 Å². The predicted molar refractivity (Wildman–Crippen MR) is 179 cm³/mol. The van der Waals surface area contributed by atoms with Gasteiger partial charge in [-0.3, -0.25) is 9.78 Å². The van der Waals surface area contributed by atoms with Crippen LogP contribution < -0.4 is 14.8 Å². The minimum atomic E-state index is -0.540. The largest absolute Gasteiger partial charge is 0.497 e. The molecule has 1 amide bonds. The molecule has 11 heteroatoms. The molecule has 7 rings (SSSR count). The van der Waals surface area contributed by atoms with Crippen LogP contribution >= 0.6 is 0 Å². The third kappa shape index (κ3) is 6.15. The minimum absolute atomic E-state index is 0.221. The lowest BCUT2D eigenvalue weighted by molar-refractivity contribution is 0.0928. The molecule has 1 unspecified atom stereocenters. The molecule has 0 spiro atoms. The third-order valence-electron chi connectivity index (χ3n) is 8.48. The van der Waals surface area contributed by atoms with Crippen molar-refractivity contribution in [2.24, 2.45) is 0 Å². The van der Waals surface area contributed by atoms with Crippen molar-refractivity contribution in [3.8, 4) is 11.5 Å². The van der Waals surface area contributed by atoms with Crippen LogP contribution in [0.3, 0.4) is 0 Å². The number of aromatic amines is 2. The average Bonchev–Trinajstić information content (AvgIpc) is 3.84. The third-order valence-corrected chi connectivity index (χ3v) is 8.48. The van der Waals surface area contributed by atoms with Crippen molar-refractivity contribution < 1.29 is 14.3 Å². The quantitative estimate of drug-likeness (QED) is 0.161. The van der Waals surface area contributed by atoms with E-state index in [2.05, 4.69) is 54.2 Å². The van der Waals surface area contributed by atoms with Gasteiger partial charge in [0.1, 0.15) is 23.0 Å². The highest BCUT2D eigenvalue weighted by atomic mass is 16.5. The lowest BCUT2D eigenvalue weighted by Gasteiger charge is -2.21. The Labute approximate surface area is 271 Å². The summed E-state index contributed by atoms with van der Waals surface area (Å²) >= 11 is 0. The second-order valence-electron chi connectivity index (χ2n) is 11.3. The van der Waals surface area contributed by atoms with Gasteiger partial charge in [0.15, 0.2) is 5.82 Å². The van der Waals surface area contributed by atoms with Gasteiger partial charge in [-0.1, -0.05) is 36.4 Å². The molecule has 7 aromatic rings. The van der Waals surface area contributed by atoms with E-state index in [1.54, 1.807) is 20.4 Å². The molecule has 0 aliphatic rings. The van der Waals surface area contributed by atoms with E-state index < -0.39 is 6.04 Å². The molecule has 0 saturated carbocycles. The summed E-state index contributed by atoms with van der Waals surface area (Å²) in [5.74, 6) is 2.45. The van der Waals surface area contributed by atoms with E-state index in [9.17, 15) is 4.79 Å². The van der Waals surface area contributed by atoms with Crippen LogP contribution in [0.5, 0.6) is 11.5 Å². The van der Waals surface area contributed by atoms with Crippen molar-refractivity contribution >= 4 is 27.7 Å². The molecule has 3 N–H and O–H groups in total. The fraction of sp³-hybridized carbons (Fsp3) is 0.194. The van der Waals surface area contributed by atoms with Gasteiger partial charge in [-0.05, 0) is 41.8 Å². The summed E-state index contributed by atoms with van der Waals surface area (Å²) in [7, 11) is 3.27. The zero-order valence-corrected chi connectivity index (χ0v) is 26.1. The van der Waals surface area contributed by atoms with Gasteiger partial charge in [-0.2, -0.15) is 0 Å². The van der Waals surface area contributed by atoms with Crippen LogP contribution in [-0.2, 0) is 25.8 Å². The monoisotopic (exact) mass is 626 g/mol. The molecular formula is C36H34N8O3. The summed E-state index contributed by atoms with van der Waals surface area (Å²) in [5.41, 5.74) is 5.50. The second kappa shape index (κ2) is 13.2. The van der Waals surface area contributed by atoms with Crippen molar-refractivity contribution in [3.63, 3.8) is 0 Å². The van der Waals surface area contributed by atoms with E-state index in [4.69, 9.17) is 19.7 Å². The van der Waals surface area contributed by atoms with Crippen LogP contribution in [0.2, 0.25) is 0 Å². The first-order valence-corrected chi connectivity index (χ1v) is 15.4. The normalized spacial score (nSPS) is 12.0. The number of carbonyl (C=O) groups excluding carboxylic acids is 1. The van der Waals surface area contributed by atoms with Crippen LogP contribution in [0.1, 0.15) is 44.9 Å². The summed E-state index contributed by atoms with van der Waals surface area (Å²) in [6.07, 6.45) is 10.4. The molecule has 0 aliphatic heterocycles. The summed E-state index contributed by atoms with van der Waals surface area (Å²) in [6, 6.07) is 21.6. The number of fused-ring (bicyclic) bond motifs is 2. The molecule has 11 nitrogen and oxygen atoms in total. The highest BCUT2D eigenvalue weighted by Gasteiger charge is 2.26. The van der Waals surface area contributed by atoms with Crippen LogP contribution in [0.15, 0.2) is 97.7 Å². The van der Waals surface area contributed by atoms with E-state index in [1.807, 2.05) is 54.7 Å². The molecule has 0 fully saturated rings. The van der Waals surface area contributed by atoms with Gasteiger partial charge in [0, 0.05) is 71.1 Å². The maximum atomic E-state index is 13.6. The fourth-order valence-corrected chi connectivity index (χ4v) is 6.08. The molecule has 3 aromatic carbocycles. The number of carbonyl (C=O) groups is 1. The number of nitrogens with one attached hydrogen (secondary N) is 3. The first kappa shape index (κ1) is 29.7. The fourth-order valence-electron chi connectivity index (χ4n) is 6.08. The van der Waals surface area contributed by atoms with Crippen LogP contribution in [0, 0.1) is 0 Å². The Bertz CT molecular complexity index is 2150. The summed E-state index contributed by atoms with van der Waals surface area (Å²) in [5, 5.41) is 14.9. The number of methoxy groups -OCH3 is 2. The maximum absolute atomic E-state index is 13.6. The van der Waals surface area contributed by atoms with Crippen molar-refractivity contribution in [1.82, 2.24) is 40.0 Å². The summed E-state index contributed by atoms with van der Waals surface area (Å²) < 4.78 is 13.3. The van der Waals surface area contributed by atoms with Crippen molar-refractivity contribution in [3.05, 3.63) is 132 Å². The molecule has 0 saturated heterocycles. The molecule has 47 heavy (non-hydrogen) atoms. The number of hydrogen-bond donors (Lipinski definition) is 3. The average molecular weight is 627 g/mol. The molecule has 4 aromatic heterocycles. The van der Waals surface area contributed by atoms with Gasteiger partial charge in [0.25, 0.3) is 5.91 Å². The Morgan fingerprint density at radius 1 is 0.851 bits per heavy atom. The summed E-state index contributed by atoms with van der Waals surface area (Å²) in [4.78, 5) is 28.6. The SMILES string of the molecule is COc1ccc(Cn2c(CCc3c[nH]c4ccccc34)nnc2C(Cc2c[nH]c3ccccc23)NC(=O)c2cnccn2)c(OC)c1. The van der Waals surface area contributed by atoms with Gasteiger partial charge in [-0.15, -0.1) is 10.2 Å². The van der Waals surface area contributed by atoms with Crippen molar-refractivity contribution in [1.29, 1.82) is 0 Å². The van der Waals surface area contributed by atoms with Crippen LogP contribution in [0.4, 0.5) is 0 Å². The smallest absolute Gasteiger partial charge is 0.272 e. The highest BCUT2D eigenvalue weighted by molar-refractivity contribution is 5.92. The standard InChI is InChI=1S/C36H34N8O3/c1-46-26-13-11-24(33(18-26)47-2)22-44-34(14-12-23-19-39-29-9-5-3-7-27(23)29)42-43-35(44)31(41-36(45)32-21-37-15-16-38-32)17-25-20-40-30-10-6-4-8-28(25)30/h3-11,13,15-16,18-21,31,39-40H,12,14,17,22H2,1-2H3,(H,41,45). The minimum Gasteiger partial charge on any atom is -0.497 e. The van der Waals surface area contributed by atoms with Gasteiger partial charge in [0.2, 0.25) is 0 Å². The zero-order chi connectivity index (χ0) is 32.2. The first-order chi connectivity index (χ1) is 23.1. The van der Waals surface area contributed by atoms with Crippen LogP contribution in [-0.4, -0.2) is 54.8 Å². The van der Waals surface area contributed by atoms with E-state index in [0.717, 1.165) is 39.8 Å². The molecule has 236 valence electrons. The zero-order valence-electron chi connectivity index (χ0n) is 26.1. The van der Waals surface area contributed by atoms with Gasteiger partial charge in [-0.25, -0.2) is 4.98 Å². The number of rotatable bonds is 12. The number of para-hydroxylation sites is 2. The Morgan fingerprint density at radius 3 is 2.32 bits per heavy atom. The lowest BCUT2D eigenvalue weighted by Crippen LogP contribution is -2.33. The number of H-pyrrole nitrogens is 2. The molecule has 0 aliphatic carbocycles. The number of nitrogens with zero attached hydrogens (tertiary/aromatic N) is 5. The molecular weight excluding hydrogens is 592 g/mol. The molecule has 4 heterocycles. The van der Waals surface area contributed by atoms with E-state index in [0.29, 0.717) is 36.7 Å². The lowest BCUT2D eigenvalue weighted by atomic mass is 10.0. The molecule has 0 radical (unpaired) electrons. The van der Waals surface area contributed by atoms with E-state index >= 15 is 0 Å². The van der Waals surface area contributed by atoms with Crippen molar-refractivity contribution in [2.75, 3.05) is 14.2 Å². The maximum Gasteiger partial charge on any atom is 0.272 e. The Morgan fingerprint density at radius 2 is 1.60 bits per heavy atom. The summed E-state index contributed by atoms with van der Waals surface area (Å²) in [6.45, 7) is 0.421. The van der Waals surface area contributed by atoms with E-state index in [1.165, 1.54) is 23.3 Å². The number of benzene rings is 3. The van der Waals surface area contributed by atoms with Crippen LogP contribution in [0.25, 0.3) is 21.8 Å². The van der Waals surface area contributed by atoms with Gasteiger partial charge >= 0.3 is 0 Å².